The highest BCUT2D eigenvalue weighted by molar-refractivity contribution is 6.21. The summed E-state index contributed by atoms with van der Waals surface area (Å²) in [6.45, 7) is 0. The van der Waals surface area contributed by atoms with Gasteiger partial charge in [0.2, 0.25) is 0 Å². The van der Waals surface area contributed by atoms with Gasteiger partial charge in [0.05, 0.1) is 28.4 Å². The Morgan fingerprint density at radius 2 is 1.04 bits per heavy atom. The predicted molar refractivity (Wildman–Crippen MR) is 83.8 cm³/mol. The Labute approximate surface area is 154 Å². The summed E-state index contributed by atoms with van der Waals surface area (Å²) >= 11 is 0. The van der Waals surface area contributed by atoms with E-state index in [4.69, 9.17) is 9.47 Å². The van der Waals surface area contributed by atoms with Crippen LogP contribution in [-0.4, -0.2) is 63.9 Å². The Balaban J connectivity index is 2.75. The molecule has 27 heavy (non-hydrogen) atoms. The Bertz CT molecular complexity index is 665. The highest BCUT2D eigenvalue weighted by atomic mass is 16.5. The van der Waals surface area contributed by atoms with E-state index < -0.39 is 77.4 Å². The number of fused-ring (bicyclic) bond motifs is 2. The van der Waals surface area contributed by atoms with Gasteiger partial charge in [-0.3, -0.25) is 28.8 Å². The van der Waals surface area contributed by atoms with Crippen molar-refractivity contribution in [3.05, 3.63) is 0 Å². The lowest BCUT2D eigenvalue weighted by Crippen LogP contribution is -2.65. The number of carbonyl (C=O) groups excluding carboxylic acids is 6. The van der Waals surface area contributed by atoms with Crippen molar-refractivity contribution in [1.29, 1.82) is 0 Å². The molecule has 0 aromatic rings. The molecule has 0 spiro atoms. The molecule has 0 aromatic heterocycles. The highest BCUT2D eigenvalue weighted by Gasteiger charge is 2.71. The summed E-state index contributed by atoms with van der Waals surface area (Å²) < 4.78 is 18.7. The lowest BCUT2D eigenvalue weighted by Gasteiger charge is -2.50. The molecule has 10 nitrogen and oxygen atoms in total. The van der Waals surface area contributed by atoms with E-state index in [-0.39, 0.29) is 0 Å². The van der Waals surface area contributed by atoms with Gasteiger partial charge in [-0.1, -0.05) is 0 Å². The zero-order valence-electron chi connectivity index (χ0n) is 15.4. The SMILES string of the molecule is COC(=O)C1C[C@@]2(C(=O)OC)C[C@](C(=O)OC)(C[C@H](C(=O)OC)C2=O)C1=O. The van der Waals surface area contributed by atoms with E-state index in [1.807, 2.05) is 0 Å². The summed E-state index contributed by atoms with van der Waals surface area (Å²) in [5.74, 6) is -8.90. The lowest BCUT2D eigenvalue weighted by atomic mass is 9.48. The first-order valence-corrected chi connectivity index (χ1v) is 8.06. The van der Waals surface area contributed by atoms with Crippen LogP contribution in [0.1, 0.15) is 19.3 Å². The molecule has 2 aliphatic carbocycles. The van der Waals surface area contributed by atoms with E-state index in [2.05, 4.69) is 9.47 Å². The third-order valence-corrected chi connectivity index (χ3v) is 5.41. The molecule has 0 amide bonds. The molecule has 0 aromatic carbocycles. The molecule has 0 aliphatic heterocycles. The van der Waals surface area contributed by atoms with Gasteiger partial charge in [-0.2, -0.15) is 0 Å². The molecule has 0 radical (unpaired) electrons. The maximum Gasteiger partial charge on any atom is 0.319 e. The molecule has 148 valence electrons. The van der Waals surface area contributed by atoms with Crippen LogP contribution in [0.4, 0.5) is 0 Å². The van der Waals surface area contributed by atoms with Crippen molar-refractivity contribution >= 4 is 35.4 Å². The van der Waals surface area contributed by atoms with Crippen molar-refractivity contribution in [3.63, 3.8) is 0 Å². The van der Waals surface area contributed by atoms with E-state index in [1.165, 1.54) is 0 Å². The molecule has 2 fully saturated rings. The van der Waals surface area contributed by atoms with Crippen LogP contribution < -0.4 is 0 Å². The zero-order valence-corrected chi connectivity index (χ0v) is 15.4. The Hall–Kier alpha value is -2.78. The maximum absolute atomic E-state index is 13.1. The second-order valence-corrected chi connectivity index (χ2v) is 6.61. The molecule has 2 bridgehead atoms. The van der Waals surface area contributed by atoms with Crippen LogP contribution in [0.3, 0.4) is 0 Å². The molecule has 2 rings (SSSR count). The monoisotopic (exact) mass is 384 g/mol. The van der Waals surface area contributed by atoms with Gasteiger partial charge in [0.25, 0.3) is 0 Å². The Morgan fingerprint density at radius 3 is 1.30 bits per heavy atom. The van der Waals surface area contributed by atoms with Crippen molar-refractivity contribution in [1.82, 2.24) is 0 Å². The van der Waals surface area contributed by atoms with Gasteiger partial charge in [-0.25, -0.2) is 0 Å². The van der Waals surface area contributed by atoms with Crippen LogP contribution >= 0.6 is 0 Å². The molecule has 0 N–H and O–H groups in total. The fourth-order valence-electron chi connectivity index (χ4n) is 4.15. The van der Waals surface area contributed by atoms with Gasteiger partial charge < -0.3 is 18.9 Å². The number of methoxy groups -OCH3 is 4. The van der Waals surface area contributed by atoms with Crippen LogP contribution in [0.2, 0.25) is 0 Å². The summed E-state index contributed by atoms with van der Waals surface area (Å²) in [7, 11) is 4.12. The van der Waals surface area contributed by atoms with Gasteiger partial charge in [-0.15, -0.1) is 0 Å². The Kier molecular flexibility index (Phi) is 5.39. The molecule has 0 saturated heterocycles. The highest BCUT2D eigenvalue weighted by Crippen LogP contribution is 2.57. The number of hydrogen-bond acceptors (Lipinski definition) is 10. The number of ether oxygens (including phenoxy) is 4. The van der Waals surface area contributed by atoms with Crippen molar-refractivity contribution < 1.29 is 47.7 Å². The Morgan fingerprint density at radius 1 is 0.704 bits per heavy atom. The summed E-state index contributed by atoms with van der Waals surface area (Å²) in [4.78, 5) is 75.5. The van der Waals surface area contributed by atoms with Crippen molar-refractivity contribution in [2.75, 3.05) is 28.4 Å². The van der Waals surface area contributed by atoms with Crippen LogP contribution in [-0.2, 0) is 47.7 Å². The molecule has 1 unspecified atom stereocenters. The van der Waals surface area contributed by atoms with Crippen LogP contribution in [0.15, 0.2) is 0 Å². The minimum Gasteiger partial charge on any atom is -0.468 e. The summed E-state index contributed by atoms with van der Waals surface area (Å²) in [6, 6.07) is 0. The molecule has 0 heterocycles. The lowest BCUT2D eigenvalue weighted by molar-refractivity contribution is -0.188. The first-order valence-electron chi connectivity index (χ1n) is 8.06. The fraction of sp³-hybridized carbons (Fsp3) is 0.647. The number of rotatable bonds is 4. The van der Waals surface area contributed by atoms with E-state index in [9.17, 15) is 28.8 Å². The average molecular weight is 384 g/mol. The molecule has 4 atom stereocenters. The molecule has 2 saturated carbocycles. The van der Waals surface area contributed by atoms with Crippen LogP contribution in [0, 0.1) is 22.7 Å². The quantitative estimate of drug-likeness (QED) is 0.344. The van der Waals surface area contributed by atoms with Crippen LogP contribution in [0.25, 0.3) is 0 Å². The number of Topliss-reactive ketones (excluding diaryl/α,β-unsaturated/α-hetero) is 2. The number of carbonyl (C=O) groups is 6. The number of hydrogen-bond donors (Lipinski definition) is 0. The third-order valence-electron chi connectivity index (χ3n) is 5.41. The first kappa shape index (κ1) is 20.5. The number of esters is 4. The largest absolute Gasteiger partial charge is 0.468 e. The van der Waals surface area contributed by atoms with Gasteiger partial charge in [-0.05, 0) is 19.3 Å². The van der Waals surface area contributed by atoms with Gasteiger partial charge in [0.15, 0.2) is 11.6 Å². The fourth-order valence-corrected chi connectivity index (χ4v) is 4.15. The van der Waals surface area contributed by atoms with Crippen molar-refractivity contribution in [3.8, 4) is 0 Å². The standard InChI is InChI=1S/C17H20O10/c1-24-12(20)8-5-16(14(22)26-3)7-17(10(8)18,15(23)27-4)6-9(11(16)19)13(21)25-2/h8-9H,5-7H2,1-4H3/t8-,9?,16+,17+/m0/s1. The summed E-state index contributed by atoms with van der Waals surface area (Å²) in [6.07, 6.45) is -1.66. The number of ketones is 2. The van der Waals surface area contributed by atoms with Gasteiger partial charge in [0.1, 0.15) is 22.7 Å². The third kappa shape index (κ3) is 2.79. The van der Waals surface area contributed by atoms with Crippen molar-refractivity contribution in [2.45, 2.75) is 19.3 Å². The minimum atomic E-state index is -2.05. The van der Waals surface area contributed by atoms with Gasteiger partial charge in [0, 0.05) is 0 Å². The minimum absolute atomic E-state index is 0.544. The second-order valence-electron chi connectivity index (χ2n) is 6.61. The summed E-state index contributed by atoms with van der Waals surface area (Å²) in [5.41, 5.74) is -4.10. The van der Waals surface area contributed by atoms with E-state index in [1.54, 1.807) is 0 Å². The van der Waals surface area contributed by atoms with Gasteiger partial charge >= 0.3 is 23.9 Å². The first-order chi connectivity index (χ1) is 12.6. The van der Waals surface area contributed by atoms with Crippen molar-refractivity contribution in [2.24, 2.45) is 22.7 Å². The molecule has 2 aliphatic rings. The molecular weight excluding hydrogens is 364 g/mol. The van der Waals surface area contributed by atoms with Crippen LogP contribution in [0.5, 0.6) is 0 Å². The average Bonchev–Trinajstić information content (AvgIpc) is 2.69. The topological polar surface area (TPSA) is 139 Å². The molecule has 10 heteroatoms. The zero-order chi connectivity index (χ0) is 20.6. The van der Waals surface area contributed by atoms with E-state index >= 15 is 0 Å². The van der Waals surface area contributed by atoms with E-state index in [0.29, 0.717) is 0 Å². The summed E-state index contributed by atoms with van der Waals surface area (Å²) in [5, 5.41) is 0. The van der Waals surface area contributed by atoms with E-state index in [0.717, 1.165) is 28.4 Å². The second kappa shape index (κ2) is 7.09. The predicted octanol–water partition coefficient (Wildman–Crippen LogP) is -0.781. The normalized spacial score (nSPS) is 32.3. The molecular formula is C17H20O10. The maximum atomic E-state index is 13.1. The smallest absolute Gasteiger partial charge is 0.319 e.